The zero-order valence-electron chi connectivity index (χ0n) is 13.0. The Morgan fingerprint density at radius 2 is 1.86 bits per heavy atom. The monoisotopic (exact) mass is 314 g/mol. The lowest BCUT2D eigenvalue weighted by Gasteiger charge is -2.16. The second-order valence-electron chi connectivity index (χ2n) is 5.16. The van der Waals surface area contributed by atoms with E-state index in [0.29, 0.717) is 13.0 Å². The predicted octanol–water partition coefficient (Wildman–Crippen LogP) is -1.04. The van der Waals surface area contributed by atoms with Crippen LogP contribution in [0.3, 0.4) is 0 Å². The van der Waals surface area contributed by atoms with Crippen molar-refractivity contribution in [2.24, 2.45) is 11.5 Å². The molecule has 0 fully saturated rings. The summed E-state index contributed by atoms with van der Waals surface area (Å²) in [5.41, 5.74) is 10.6. The maximum Gasteiger partial charge on any atom is 0.240 e. The minimum Gasteiger partial charge on any atom is -0.368 e. The van der Waals surface area contributed by atoms with E-state index in [-0.39, 0.29) is 18.7 Å². The van der Waals surface area contributed by atoms with E-state index in [1.54, 1.807) is 0 Å². The number of carbonyl (C=O) groups excluding carboxylic acids is 4. The molecule has 8 heteroatoms. The van der Waals surface area contributed by atoms with Crippen LogP contribution in [0.1, 0.15) is 45.4 Å². The zero-order valence-corrected chi connectivity index (χ0v) is 13.0. The first-order chi connectivity index (χ1) is 10.4. The van der Waals surface area contributed by atoms with Crippen LogP contribution in [0.5, 0.6) is 0 Å². The van der Waals surface area contributed by atoms with Gasteiger partial charge in [-0.2, -0.15) is 0 Å². The fraction of sp³-hybridized carbons (Fsp3) is 0.714. The molecule has 0 aromatic rings. The molecule has 0 radical (unpaired) electrons. The lowest BCUT2D eigenvalue weighted by Crippen LogP contribution is -2.49. The van der Waals surface area contributed by atoms with Crippen LogP contribution in [-0.4, -0.2) is 42.6 Å². The normalized spacial score (nSPS) is 13.0. The molecule has 8 nitrogen and oxygen atoms in total. The summed E-state index contributed by atoms with van der Waals surface area (Å²) >= 11 is 0. The molecule has 0 saturated heterocycles. The van der Waals surface area contributed by atoms with E-state index in [1.807, 2.05) is 0 Å². The molecule has 3 amide bonds. The number of nitrogens with one attached hydrogen (secondary N) is 2. The Labute approximate surface area is 130 Å². The lowest BCUT2D eigenvalue weighted by atomic mass is 10.1. The van der Waals surface area contributed by atoms with Gasteiger partial charge in [-0.05, 0) is 26.2 Å². The highest BCUT2D eigenvalue weighted by atomic mass is 16.2. The van der Waals surface area contributed by atoms with Crippen LogP contribution in [0, 0.1) is 0 Å². The highest BCUT2D eigenvalue weighted by Crippen LogP contribution is 1.99. The summed E-state index contributed by atoms with van der Waals surface area (Å²) in [7, 11) is 0. The van der Waals surface area contributed by atoms with Gasteiger partial charge in [-0.25, -0.2) is 0 Å². The first-order valence-corrected chi connectivity index (χ1v) is 7.44. The highest BCUT2D eigenvalue weighted by Gasteiger charge is 2.20. The molecule has 0 saturated carbocycles. The zero-order chi connectivity index (χ0) is 17.0. The minimum absolute atomic E-state index is 0.0845. The van der Waals surface area contributed by atoms with Gasteiger partial charge in [0, 0.05) is 19.4 Å². The number of unbranched alkanes of at least 4 members (excludes halogenated alkanes) is 3. The quantitative estimate of drug-likeness (QED) is 0.268. The van der Waals surface area contributed by atoms with E-state index < -0.39 is 23.9 Å². The van der Waals surface area contributed by atoms with Gasteiger partial charge < -0.3 is 26.9 Å². The molecule has 0 spiro atoms. The van der Waals surface area contributed by atoms with Gasteiger partial charge in [0.05, 0.1) is 6.04 Å². The summed E-state index contributed by atoms with van der Waals surface area (Å²) < 4.78 is 0. The maximum absolute atomic E-state index is 11.6. The van der Waals surface area contributed by atoms with Crippen LogP contribution in [0.15, 0.2) is 0 Å². The molecular weight excluding hydrogens is 288 g/mol. The fourth-order valence-corrected chi connectivity index (χ4v) is 1.71. The molecular formula is C14H26N4O4. The van der Waals surface area contributed by atoms with Crippen molar-refractivity contribution in [2.45, 2.75) is 57.5 Å². The van der Waals surface area contributed by atoms with Crippen LogP contribution in [-0.2, 0) is 19.2 Å². The third-order valence-electron chi connectivity index (χ3n) is 3.05. The van der Waals surface area contributed by atoms with Crippen molar-refractivity contribution in [3.63, 3.8) is 0 Å². The Morgan fingerprint density at radius 1 is 1.18 bits per heavy atom. The summed E-state index contributed by atoms with van der Waals surface area (Å²) in [5, 5.41) is 5.12. The van der Waals surface area contributed by atoms with Crippen molar-refractivity contribution in [1.82, 2.24) is 10.6 Å². The predicted molar refractivity (Wildman–Crippen MR) is 81.6 cm³/mol. The van der Waals surface area contributed by atoms with Crippen LogP contribution >= 0.6 is 0 Å². The Morgan fingerprint density at radius 3 is 2.41 bits per heavy atom. The van der Waals surface area contributed by atoms with Gasteiger partial charge in [0.15, 0.2) is 0 Å². The average Bonchev–Trinajstić information content (AvgIpc) is 2.46. The molecule has 22 heavy (non-hydrogen) atoms. The van der Waals surface area contributed by atoms with E-state index in [2.05, 4.69) is 10.6 Å². The van der Waals surface area contributed by atoms with Crippen molar-refractivity contribution in [3.8, 4) is 0 Å². The number of hydrogen-bond acceptors (Lipinski definition) is 5. The Bertz CT molecular complexity index is 385. The molecule has 0 aliphatic heterocycles. The van der Waals surface area contributed by atoms with Crippen LogP contribution in [0.2, 0.25) is 0 Å². The van der Waals surface area contributed by atoms with Gasteiger partial charge in [-0.15, -0.1) is 0 Å². The number of amides is 3. The standard InChI is InChI=1S/C14H26N4O4/c1-10(15)14(22)18-11(13(16)21)6-7-12(20)17-8-4-2-3-5-9-19/h9-11H,2-8,15H2,1H3,(H2,16,21)(H,17,20)(H,18,22)/t10-,11+/m0/s1. The molecule has 0 unspecified atom stereocenters. The summed E-state index contributed by atoms with van der Waals surface area (Å²) in [6.45, 7) is 2.01. The summed E-state index contributed by atoms with van der Waals surface area (Å²) in [6.07, 6.45) is 4.10. The van der Waals surface area contributed by atoms with Crippen molar-refractivity contribution in [2.75, 3.05) is 6.54 Å². The molecule has 0 aliphatic carbocycles. The second-order valence-corrected chi connectivity index (χ2v) is 5.16. The van der Waals surface area contributed by atoms with E-state index in [0.717, 1.165) is 25.5 Å². The molecule has 126 valence electrons. The fourth-order valence-electron chi connectivity index (χ4n) is 1.71. The molecule has 0 heterocycles. The van der Waals surface area contributed by atoms with Crippen LogP contribution < -0.4 is 22.1 Å². The Balaban J connectivity index is 3.95. The summed E-state index contributed by atoms with van der Waals surface area (Å²) in [6, 6.07) is -1.65. The maximum atomic E-state index is 11.6. The topological polar surface area (TPSA) is 144 Å². The van der Waals surface area contributed by atoms with Crippen molar-refractivity contribution in [3.05, 3.63) is 0 Å². The van der Waals surface area contributed by atoms with E-state index in [4.69, 9.17) is 11.5 Å². The van der Waals surface area contributed by atoms with Crippen molar-refractivity contribution in [1.29, 1.82) is 0 Å². The molecule has 2 atom stereocenters. The largest absolute Gasteiger partial charge is 0.368 e. The van der Waals surface area contributed by atoms with Crippen LogP contribution in [0.25, 0.3) is 0 Å². The number of hydrogen-bond donors (Lipinski definition) is 4. The lowest BCUT2D eigenvalue weighted by molar-refractivity contribution is -0.128. The third-order valence-corrected chi connectivity index (χ3v) is 3.05. The average molecular weight is 314 g/mol. The first-order valence-electron chi connectivity index (χ1n) is 7.44. The summed E-state index contributed by atoms with van der Waals surface area (Å²) in [4.78, 5) is 44.4. The Kier molecular flexibility index (Phi) is 10.6. The molecule has 0 bridgehead atoms. The second kappa shape index (κ2) is 11.7. The number of carbonyl (C=O) groups is 4. The van der Waals surface area contributed by atoms with Crippen LogP contribution in [0.4, 0.5) is 0 Å². The molecule has 6 N–H and O–H groups in total. The van der Waals surface area contributed by atoms with Crippen molar-refractivity contribution < 1.29 is 19.2 Å². The highest BCUT2D eigenvalue weighted by molar-refractivity contribution is 5.89. The molecule has 0 aliphatic rings. The van der Waals surface area contributed by atoms with Gasteiger partial charge in [0.25, 0.3) is 0 Å². The first kappa shape index (κ1) is 20.0. The van der Waals surface area contributed by atoms with Crippen molar-refractivity contribution >= 4 is 24.0 Å². The van der Waals surface area contributed by atoms with Gasteiger partial charge in [0.1, 0.15) is 12.3 Å². The van der Waals surface area contributed by atoms with Gasteiger partial charge >= 0.3 is 0 Å². The summed E-state index contributed by atoms with van der Waals surface area (Å²) in [5.74, 6) is -1.40. The van der Waals surface area contributed by atoms with E-state index in [1.165, 1.54) is 6.92 Å². The number of nitrogens with two attached hydrogens (primary N) is 2. The van der Waals surface area contributed by atoms with Gasteiger partial charge in [0.2, 0.25) is 17.7 Å². The van der Waals surface area contributed by atoms with Gasteiger partial charge in [-0.1, -0.05) is 6.42 Å². The minimum atomic E-state index is -0.906. The van der Waals surface area contributed by atoms with Gasteiger partial charge in [-0.3, -0.25) is 14.4 Å². The number of rotatable bonds is 12. The number of aldehydes is 1. The van der Waals surface area contributed by atoms with E-state index in [9.17, 15) is 19.2 Å². The molecule has 0 aromatic heterocycles. The molecule has 0 rings (SSSR count). The SMILES string of the molecule is C[C@H](N)C(=O)N[C@H](CCC(=O)NCCCCCC=O)C(N)=O. The third kappa shape index (κ3) is 9.87. The number of primary amides is 1. The molecule has 0 aromatic carbocycles. The Hall–Kier alpha value is -1.96. The van der Waals surface area contributed by atoms with E-state index >= 15 is 0 Å². The smallest absolute Gasteiger partial charge is 0.240 e.